The summed E-state index contributed by atoms with van der Waals surface area (Å²) >= 11 is 0. The van der Waals surface area contributed by atoms with Crippen LogP contribution in [-0.4, -0.2) is 97.6 Å². The molecule has 37 heavy (non-hydrogen) atoms. The normalized spacial score (nSPS) is 22.9. The molecule has 0 aliphatic carbocycles. The number of halogens is 2. The number of urea groups is 1. The molecule has 2 aliphatic heterocycles. The molecule has 0 radical (unpaired) electrons. The van der Waals surface area contributed by atoms with Crippen LogP contribution >= 0.6 is 0 Å². The number of amides is 4. The summed E-state index contributed by atoms with van der Waals surface area (Å²) in [5, 5.41) is 5.80. The van der Waals surface area contributed by atoms with E-state index < -0.39 is 29.1 Å². The third-order valence-corrected chi connectivity index (χ3v) is 7.23. The summed E-state index contributed by atoms with van der Waals surface area (Å²) < 4.78 is 32.9. The standard InChI is InChI=1S/C26H39F2N5O4/c1-15(29-5)23(34)30-22(26(2,3)4)24(35)32-11-10-20-21(32)16(13-33(20)25(36)31(6)7)14-37-17-8-9-18(27)19(28)12-17/h8-9,12,15-16,20-22,29H,10-11,13-14H2,1-7H3,(H,30,34). The molecule has 0 saturated carbocycles. The molecule has 1 aromatic carbocycles. The van der Waals surface area contributed by atoms with E-state index in [2.05, 4.69) is 10.6 Å². The molecule has 2 aliphatic rings. The predicted octanol–water partition coefficient (Wildman–Crippen LogP) is 2.07. The minimum atomic E-state index is -1.01. The lowest BCUT2D eigenvalue weighted by atomic mass is 9.85. The highest BCUT2D eigenvalue weighted by molar-refractivity contribution is 5.90. The molecular weight excluding hydrogens is 484 g/mol. The fraction of sp³-hybridized carbons (Fsp3) is 0.654. The van der Waals surface area contributed by atoms with E-state index in [-0.39, 0.29) is 48.2 Å². The first kappa shape index (κ1) is 28.6. The topological polar surface area (TPSA) is 94.2 Å². The zero-order valence-electron chi connectivity index (χ0n) is 22.7. The van der Waals surface area contributed by atoms with Crippen LogP contribution in [-0.2, 0) is 9.59 Å². The molecule has 9 nitrogen and oxygen atoms in total. The second-order valence-electron chi connectivity index (χ2n) is 11.2. The SMILES string of the molecule is CNC(C)C(=O)NC(C(=O)N1CCC2C1C(COc1ccc(F)c(F)c1)CN2C(=O)N(C)C)C(C)(C)C. The summed E-state index contributed by atoms with van der Waals surface area (Å²) in [5.41, 5.74) is -0.562. The highest BCUT2D eigenvalue weighted by Gasteiger charge is 2.53. The number of carbonyl (C=O) groups is 3. The van der Waals surface area contributed by atoms with Gasteiger partial charge in [-0.15, -0.1) is 0 Å². The van der Waals surface area contributed by atoms with Gasteiger partial charge in [-0.2, -0.15) is 0 Å². The van der Waals surface area contributed by atoms with Crippen LogP contribution in [0.5, 0.6) is 5.75 Å². The molecule has 0 spiro atoms. The molecule has 3 rings (SSSR count). The van der Waals surface area contributed by atoms with Gasteiger partial charge in [0.25, 0.3) is 0 Å². The van der Waals surface area contributed by atoms with Gasteiger partial charge in [-0.1, -0.05) is 20.8 Å². The number of likely N-dealkylation sites (tertiary alicyclic amines) is 2. The van der Waals surface area contributed by atoms with Crippen LogP contribution in [0.3, 0.4) is 0 Å². The van der Waals surface area contributed by atoms with E-state index in [4.69, 9.17) is 4.74 Å². The van der Waals surface area contributed by atoms with Crippen molar-refractivity contribution in [1.29, 1.82) is 0 Å². The summed E-state index contributed by atoms with van der Waals surface area (Å²) in [6, 6.07) is 1.35. The lowest BCUT2D eigenvalue weighted by Crippen LogP contribution is -2.59. The third kappa shape index (κ3) is 6.14. The van der Waals surface area contributed by atoms with Gasteiger partial charge < -0.3 is 30.1 Å². The van der Waals surface area contributed by atoms with Crippen LogP contribution in [0.2, 0.25) is 0 Å². The number of hydrogen-bond donors (Lipinski definition) is 2. The van der Waals surface area contributed by atoms with Gasteiger partial charge in [-0.25, -0.2) is 13.6 Å². The van der Waals surface area contributed by atoms with Crippen molar-refractivity contribution < 1.29 is 27.9 Å². The number of fused-ring (bicyclic) bond motifs is 1. The minimum absolute atomic E-state index is 0.108. The zero-order chi connectivity index (χ0) is 27.7. The summed E-state index contributed by atoms with van der Waals surface area (Å²) in [5.74, 6) is -2.56. The molecular formula is C26H39F2N5O4. The Balaban J connectivity index is 1.87. The van der Waals surface area contributed by atoms with Gasteiger partial charge in [0.15, 0.2) is 11.6 Å². The van der Waals surface area contributed by atoms with E-state index in [0.717, 1.165) is 12.1 Å². The van der Waals surface area contributed by atoms with E-state index in [9.17, 15) is 23.2 Å². The number of benzene rings is 1. The summed E-state index contributed by atoms with van der Waals surface area (Å²) in [4.78, 5) is 44.6. The van der Waals surface area contributed by atoms with E-state index in [0.29, 0.717) is 19.5 Å². The van der Waals surface area contributed by atoms with Crippen molar-refractivity contribution in [1.82, 2.24) is 25.3 Å². The second kappa shape index (κ2) is 11.2. The molecule has 2 N–H and O–H groups in total. The zero-order valence-corrected chi connectivity index (χ0v) is 22.7. The van der Waals surface area contributed by atoms with Gasteiger partial charge in [-0.05, 0) is 37.9 Å². The Morgan fingerprint density at radius 1 is 1.16 bits per heavy atom. The van der Waals surface area contributed by atoms with Crippen molar-refractivity contribution >= 4 is 17.8 Å². The van der Waals surface area contributed by atoms with Gasteiger partial charge in [-0.3, -0.25) is 9.59 Å². The van der Waals surface area contributed by atoms with Gasteiger partial charge in [0, 0.05) is 39.2 Å². The number of likely N-dealkylation sites (N-methyl/N-ethyl adjacent to an activating group) is 1. The number of carbonyl (C=O) groups excluding carboxylic acids is 3. The fourth-order valence-electron chi connectivity index (χ4n) is 5.07. The molecule has 2 heterocycles. The van der Waals surface area contributed by atoms with Crippen molar-refractivity contribution in [2.24, 2.45) is 11.3 Å². The Kier molecular flexibility index (Phi) is 8.66. The van der Waals surface area contributed by atoms with E-state index >= 15 is 0 Å². The van der Waals surface area contributed by atoms with Crippen LogP contribution in [0, 0.1) is 23.0 Å². The van der Waals surface area contributed by atoms with Crippen LogP contribution in [0.4, 0.5) is 13.6 Å². The summed E-state index contributed by atoms with van der Waals surface area (Å²) in [7, 11) is 5.03. The Hall–Kier alpha value is -2.95. The first-order valence-electron chi connectivity index (χ1n) is 12.6. The molecule has 5 unspecified atom stereocenters. The molecule has 0 bridgehead atoms. The highest BCUT2D eigenvalue weighted by atomic mass is 19.2. The average Bonchev–Trinajstić information content (AvgIpc) is 3.41. The lowest BCUT2D eigenvalue weighted by molar-refractivity contribution is -0.141. The maximum atomic E-state index is 13.9. The Bertz CT molecular complexity index is 1020. The van der Waals surface area contributed by atoms with Crippen LogP contribution in [0.25, 0.3) is 0 Å². The maximum Gasteiger partial charge on any atom is 0.319 e. The van der Waals surface area contributed by atoms with E-state index in [1.165, 1.54) is 11.0 Å². The minimum Gasteiger partial charge on any atom is -0.493 e. The fourth-order valence-corrected chi connectivity index (χ4v) is 5.07. The van der Waals surface area contributed by atoms with Crippen molar-refractivity contribution in [3.05, 3.63) is 29.8 Å². The van der Waals surface area contributed by atoms with Crippen LogP contribution in [0.1, 0.15) is 34.1 Å². The molecule has 1 aromatic rings. The Morgan fingerprint density at radius 2 is 1.84 bits per heavy atom. The summed E-state index contributed by atoms with van der Waals surface area (Å²) in [6.45, 7) is 8.30. The van der Waals surface area contributed by atoms with Crippen LogP contribution < -0.4 is 15.4 Å². The molecule has 4 amide bonds. The predicted molar refractivity (Wildman–Crippen MR) is 135 cm³/mol. The number of hydrogen-bond acceptors (Lipinski definition) is 5. The van der Waals surface area contributed by atoms with Crippen molar-refractivity contribution in [2.45, 2.75) is 58.3 Å². The van der Waals surface area contributed by atoms with E-state index in [1.54, 1.807) is 37.9 Å². The van der Waals surface area contributed by atoms with Crippen LogP contribution in [0.15, 0.2) is 18.2 Å². The maximum absolute atomic E-state index is 13.9. The largest absolute Gasteiger partial charge is 0.493 e. The average molecular weight is 524 g/mol. The Labute approximate surface area is 217 Å². The molecule has 206 valence electrons. The quantitative estimate of drug-likeness (QED) is 0.571. The first-order chi connectivity index (χ1) is 17.3. The number of rotatable bonds is 7. The summed E-state index contributed by atoms with van der Waals surface area (Å²) in [6.07, 6.45) is 0.593. The third-order valence-electron chi connectivity index (χ3n) is 7.23. The van der Waals surface area contributed by atoms with Gasteiger partial charge in [0.2, 0.25) is 11.8 Å². The molecule has 11 heteroatoms. The monoisotopic (exact) mass is 523 g/mol. The number of nitrogens with zero attached hydrogens (tertiary/aromatic N) is 3. The number of nitrogens with one attached hydrogen (secondary N) is 2. The first-order valence-corrected chi connectivity index (χ1v) is 12.6. The van der Waals surface area contributed by atoms with E-state index in [1.807, 2.05) is 20.8 Å². The molecule has 5 atom stereocenters. The Morgan fingerprint density at radius 3 is 2.41 bits per heavy atom. The number of ether oxygens (including phenoxy) is 1. The van der Waals surface area contributed by atoms with Crippen molar-refractivity contribution in [3.63, 3.8) is 0 Å². The lowest BCUT2D eigenvalue weighted by Gasteiger charge is -2.37. The molecule has 2 saturated heterocycles. The second-order valence-corrected chi connectivity index (χ2v) is 11.2. The van der Waals surface area contributed by atoms with Gasteiger partial charge in [0.05, 0.1) is 24.7 Å². The van der Waals surface area contributed by atoms with Gasteiger partial charge >= 0.3 is 6.03 Å². The highest BCUT2D eigenvalue weighted by Crippen LogP contribution is 2.38. The molecule has 0 aromatic heterocycles. The van der Waals surface area contributed by atoms with Crippen molar-refractivity contribution in [2.75, 3.05) is 40.8 Å². The van der Waals surface area contributed by atoms with Crippen molar-refractivity contribution in [3.8, 4) is 5.75 Å². The smallest absolute Gasteiger partial charge is 0.319 e. The molecule has 2 fully saturated rings. The van der Waals surface area contributed by atoms with Gasteiger partial charge in [0.1, 0.15) is 11.8 Å².